The second-order valence-corrected chi connectivity index (χ2v) is 16.9. The molecule has 0 aromatic rings. The number of phosphoric acid groups is 1. The molecular weight excluding hydrogens is 755 g/mol. The van der Waals surface area contributed by atoms with Gasteiger partial charge in [0.05, 0.1) is 6.61 Å². The van der Waals surface area contributed by atoms with E-state index in [4.69, 9.17) is 18.5 Å². The van der Waals surface area contributed by atoms with Crippen LogP contribution in [0, 0.1) is 0 Å². The lowest BCUT2D eigenvalue weighted by Gasteiger charge is -2.43. The Morgan fingerprint density at radius 2 is 0.965 bits per heavy atom. The third-order valence-corrected chi connectivity index (χ3v) is 11.3. The molecule has 1 aliphatic rings. The Labute approximate surface area is 343 Å². The predicted molar refractivity (Wildman–Crippen MR) is 219 cm³/mol. The van der Waals surface area contributed by atoms with E-state index in [0.717, 1.165) is 64.2 Å². The monoisotopic (exact) mass is 834 g/mol. The van der Waals surface area contributed by atoms with E-state index in [1.54, 1.807) is 0 Å². The van der Waals surface area contributed by atoms with Crippen LogP contribution in [0.4, 0.5) is 0 Å². The summed E-state index contributed by atoms with van der Waals surface area (Å²) in [5.74, 6) is -1.15. The highest BCUT2D eigenvalue weighted by atomic mass is 31.2. The van der Waals surface area contributed by atoms with Crippen LogP contribution in [0.15, 0.2) is 24.3 Å². The molecule has 8 atom stereocenters. The maximum atomic E-state index is 12.7. The number of unbranched alkanes of at least 4 members (excludes halogenated alkanes) is 20. The van der Waals surface area contributed by atoms with E-state index in [1.165, 1.54) is 77.0 Å². The predicted octanol–water partition coefficient (Wildman–Crippen LogP) is 7.42. The van der Waals surface area contributed by atoms with Crippen LogP contribution in [0.5, 0.6) is 0 Å². The van der Waals surface area contributed by atoms with E-state index >= 15 is 0 Å². The molecule has 0 spiro atoms. The van der Waals surface area contributed by atoms with Gasteiger partial charge in [-0.2, -0.15) is 0 Å². The van der Waals surface area contributed by atoms with E-state index in [-0.39, 0.29) is 12.8 Å². The highest BCUT2D eigenvalue weighted by molar-refractivity contribution is 7.45. The fourth-order valence-electron chi connectivity index (χ4n) is 6.66. The van der Waals surface area contributed by atoms with Crippen LogP contribution in [-0.2, 0) is 32.7 Å². The van der Waals surface area contributed by atoms with Crippen molar-refractivity contribution in [2.24, 2.45) is 0 Å². The van der Waals surface area contributed by atoms with Crippen molar-refractivity contribution in [2.75, 3.05) is 13.2 Å². The van der Waals surface area contributed by atoms with Gasteiger partial charge in [0.25, 0.3) is 7.82 Å². The molecular formula is C43H78O13P-. The first-order valence-electron chi connectivity index (χ1n) is 22.1. The Hall–Kier alpha value is -1.67. The fraction of sp³-hybridized carbons (Fsp3) is 0.860. The molecule has 334 valence electrons. The molecule has 0 radical (unpaired) electrons. The molecule has 3 unspecified atom stereocenters. The highest BCUT2D eigenvalue weighted by Gasteiger charge is 2.50. The molecule has 0 aromatic carbocycles. The zero-order chi connectivity index (χ0) is 42.2. The van der Waals surface area contributed by atoms with Gasteiger partial charge in [-0.05, 0) is 44.9 Å². The summed E-state index contributed by atoms with van der Waals surface area (Å²) in [6, 6.07) is 0. The van der Waals surface area contributed by atoms with Crippen molar-refractivity contribution in [3.8, 4) is 0 Å². The Morgan fingerprint density at radius 1 is 0.561 bits per heavy atom. The standard InChI is InChI=1S/C43H79O13P/c1-3-5-7-9-11-13-15-17-18-20-22-24-26-28-30-32-37(45)55-35(34-54-57(51,52)56-43-41(49)39(47)38(46)40(48)42(43)50)33-53-36(44)31-29-27-25-23-21-19-16-14-12-10-8-6-4-2/h11,13,17-18,35,38-43,46-50H,3-10,12,14-16,19-34H2,1-2H3,(H,51,52)/p-1/b13-11-,18-17-/t35-,38?,39-,40+,41-,42-,43?/m1/s1. The summed E-state index contributed by atoms with van der Waals surface area (Å²) in [4.78, 5) is 37.9. The van der Waals surface area contributed by atoms with Crippen molar-refractivity contribution >= 4 is 19.8 Å². The molecule has 0 amide bonds. The highest BCUT2D eigenvalue weighted by Crippen LogP contribution is 2.43. The minimum atomic E-state index is -5.36. The number of hydrogen-bond acceptors (Lipinski definition) is 13. The summed E-state index contributed by atoms with van der Waals surface area (Å²) in [5, 5.41) is 49.9. The van der Waals surface area contributed by atoms with Gasteiger partial charge in [0, 0.05) is 12.8 Å². The largest absolute Gasteiger partial charge is 0.756 e. The minimum Gasteiger partial charge on any atom is -0.756 e. The van der Waals surface area contributed by atoms with Gasteiger partial charge in [-0.25, -0.2) is 0 Å². The molecule has 0 saturated heterocycles. The Morgan fingerprint density at radius 3 is 1.47 bits per heavy atom. The van der Waals surface area contributed by atoms with E-state index in [1.807, 2.05) is 0 Å². The number of allylic oxidation sites excluding steroid dienone is 4. The van der Waals surface area contributed by atoms with E-state index in [0.29, 0.717) is 12.8 Å². The molecule has 0 bridgehead atoms. The van der Waals surface area contributed by atoms with Crippen LogP contribution in [0.3, 0.4) is 0 Å². The van der Waals surface area contributed by atoms with Gasteiger partial charge >= 0.3 is 11.9 Å². The molecule has 1 saturated carbocycles. The Kier molecular flexibility index (Phi) is 31.9. The molecule has 57 heavy (non-hydrogen) atoms. The summed E-state index contributed by atoms with van der Waals surface area (Å²) in [6.07, 6.45) is 21.9. The lowest BCUT2D eigenvalue weighted by molar-refractivity contribution is -0.261. The SMILES string of the molecule is CCCCC/C=C\C/C=C\CCCCCCCC(=O)O[C@H](COC(=O)CCCCCCCCCCCCCCC)COP(=O)([O-])OC1[C@H](O)[C@H](O)C(O)[C@H](O)[C@H]1O. The summed E-state index contributed by atoms with van der Waals surface area (Å²) in [6.45, 7) is 3.16. The van der Waals surface area contributed by atoms with Crippen molar-refractivity contribution in [3.05, 3.63) is 24.3 Å². The minimum absolute atomic E-state index is 0.0675. The van der Waals surface area contributed by atoms with Gasteiger partial charge in [-0.3, -0.25) is 14.2 Å². The zero-order valence-electron chi connectivity index (χ0n) is 35.1. The molecule has 0 aromatic heterocycles. The van der Waals surface area contributed by atoms with Crippen molar-refractivity contribution in [1.82, 2.24) is 0 Å². The second kappa shape index (κ2) is 34.1. The molecule has 5 N–H and O–H groups in total. The smallest absolute Gasteiger partial charge is 0.306 e. The summed E-state index contributed by atoms with van der Waals surface area (Å²) >= 11 is 0. The van der Waals surface area contributed by atoms with Crippen molar-refractivity contribution in [3.63, 3.8) is 0 Å². The van der Waals surface area contributed by atoms with Crippen LogP contribution < -0.4 is 4.89 Å². The third-order valence-electron chi connectivity index (χ3n) is 10.3. The molecule has 1 rings (SSSR count). The van der Waals surface area contributed by atoms with Crippen LogP contribution in [0.25, 0.3) is 0 Å². The second-order valence-electron chi connectivity index (χ2n) is 15.5. The average molecular weight is 834 g/mol. The summed E-state index contributed by atoms with van der Waals surface area (Å²) < 4.78 is 33.1. The van der Waals surface area contributed by atoms with E-state index in [2.05, 4.69) is 38.2 Å². The Bertz CT molecular complexity index is 1100. The van der Waals surface area contributed by atoms with Gasteiger partial charge in [0.2, 0.25) is 0 Å². The van der Waals surface area contributed by atoms with E-state index in [9.17, 15) is 44.6 Å². The third kappa shape index (κ3) is 26.9. The number of esters is 2. The van der Waals surface area contributed by atoms with Crippen molar-refractivity contribution in [2.45, 2.75) is 224 Å². The fourth-order valence-corrected chi connectivity index (χ4v) is 7.62. The lowest BCUT2D eigenvalue weighted by atomic mass is 9.85. The topological polar surface area (TPSA) is 212 Å². The molecule has 0 heterocycles. The normalized spacial score (nSPS) is 22.9. The molecule has 1 fully saturated rings. The maximum absolute atomic E-state index is 12.7. The number of ether oxygens (including phenoxy) is 2. The number of carbonyl (C=O) groups excluding carboxylic acids is 2. The van der Waals surface area contributed by atoms with Gasteiger partial charge in [0.1, 0.15) is 43.2 Å². The van der Waals surface area contributed by atoms with E-state index < -0.39 is 75.7 Å². The lowest BCUT2D eigenvalue weighted by Crippen LogP contribution is -2.64. The van der Waals surface area contributed by atoms with Crippen LogP contribution in [-0.4, -0.2) is 93.4 Å². The molecule has 14 heteroatoms. The first kappa shape index (κ1) is 53.3. The van der Waals surface area contributed by atoms with Crippen LogP contribution in [0.2, 0.25) is 0 Å². The van der Waals surface area contributed by atoms with Gasteiger partial charge < -0.3 is 48.9 Å². The molecule has 13 nitrogen and oxygen atoms in total. The van der Waals surface area contributed by atoms with Crippen molar-refractivity contribution in [1.29, 1.82) is 0 Å². The molecule has 1 aliphatic carbocycles. The number of carbonyl (C=O) groups is 2. The first-order chi connectivity index (χ1) is 27.4. The maximum Gasteiger partial charge on any atom is 0.306 e. The summed E-state index contributed by atoms with van der Waals surface area (Å²) in [7, 11) is -5.36. The molecule has 0 aliphatic heterocycles. The van der Waals surface area contributed by atoms with Gasteiger partial charge in [-0.15, -0.1) is 0 Å². The van der Waals surface area contributed by atoms with Gasteiger partial charge in [0.15, 0.2) is 6.10 Å². The number of phosphoric ester groups is 1. The number of rotatable bonds is 36. The van der Waals surface area contributed by atoms with Gasteiger partial charge in [-0.1, -0.05) is 147 Å². The van der Waals surface area contributed by atoms with Crippen LogP contribution >= 0.6 is 7.82 Å². The first-order valence-corrected chi connectivity index (χ1v) is 23.6. The number of hydrogen-bond donors (Lipinski definition) is 5. The number of aliphatic hydroxyl groups is 5. The average Bonchev–Trinajstić information content (AvgIpc) is 3.19. The quantitative estimate of drug-likeness (QED) is 0.0180. The summed E-state index contributed by atoms with van der Waals surface area (Å²) in [5.41, 5.74) is 0. The van der Waals surface area contributed by atoms with Crippen LogP contribution in [0.1, 0.15) is 181 Å². The number of aliphatic hydroxyl groups excluding tert-OH is 5. The van der Waals surface area contributed by atoms with Crippen molar-refractivity contribution < 1.29 is 63.1 Å². The Balaban J connectivity index is 2.49. The zero-order valence-corrected chi connectivity index (χ0v) is 36.0.